The van der Waals surface area contributed by atoms with Crippen LogP contribution in [0, 0.1) is 0 Å². The van der Waals surface area contributed by atoms with E-state index in [2.05, 4.69) is 27.7 Å². The first-order valence-electron chi connectivity index (χ1n) is 8.75. The third kappa shape index (κ3) is 16.4. The zero-order chi connectivity index (χ0) is 16.6. The third-order valence-electron chi connectivity index (χ3n) is 3.94. The van der Waals surface area contributed by atoms with E-state index in [1.54, 1.807) is 24.6 Å². The molecule has 0 spiro atoms. The summed E-state index contributed by atoms with van der Waals surface area (Å²) < 4.78 is 29.0. The summed E-state index contributed by atoms with van der Waals surface area (Å²) in [5, 5.41) is 0. The van der Waals surface area contributed by atoms with Crippen molar-refractivity contribution in [1.29, 1.82) is 0 Å². The van der Waals surface area contributed by atoms with Gasteiger partial charge in [-0.2, -0.15) is 13.2 Å². The Morgan fingerprint density at radius 1 is 0.571 bits per heavy atom. The minimum Gasteiger partial charge on any atom is -0.174 e. The standard InChI is InChI=1S/C16H36P.CHF3/c1-5-9-13-17(14-10-6-2,15-11-7-3)16-12-8-4;2-1(3)4/h5-16H2,1-4H3;1H/q+1;. The molecule has 0 radical (unpaired) electrons. The van der Waals surface area contributed by atoms with Gasteiger partial charge in [-0.25, -0.2) is 0 Å². The maximum absolute atomic E-state index is 9.67. The van der Waals surface area contributed by atoms with Gasteiger partial charge in [-0.15, -0.1) is 0 Å². The van der Waals surface area contributed by atoms with E-state index in [1.807, 2.05) is 0 Å². The largest absolute Gasteiger partial charge is 0.379 e. The molecule has 0 aromatic rings. The zero-order valence-corrected chi connectivity index (χ0v) is 15.5. The monoisotopic (exact) mass is 329 g/mol. The molecule has 0 aliphatic rings. The van der Waals surface area contributed by atoms with Gasteiger partial charge < -0.3 is 0 Å². The van der Waals surface area contributed by atoms with Crippen molar-refractivity contribution in [3.05, 3.63) is 0 Å². The zero-order valence-electron chi connectivity index (χ0n) is 14.6. The molecule has 0 aromatic heterocycles. The number of hydrogen-bond donors (Lipinski definition) is 0. The Labute approximate surface area is 131 Å². The predicted octanol–water partition coefficient (Wildman–Crippen LogP) is 7.38. The molecule has 130 valence electrons. The van der Waals surface area contributed by atoms with Gasteiger partial charge in [0.25, 0.3) is 0 Å². The van der Waals surface area contributed by atoms with Crippen molar-refractivity contribution >= 4 is 7.26 Å². The maximum Gasteiger partial charge on any atom is 0.379 e. The number of alkyl halides is 3. The van der Waals surface area contributed by atoms with Crippen LogP contribution in [0.1, 0.15) is 79.1 Å². The van der Waals surface area contributed by atoms with Crippen LogP contribution in [0.25, 0.3) is 0 Å². The summed E-state index contributed by atoms with van der Waals surface area (Å²) in [4.78, 5) is 0. The van der Waals surface area contributed by atoms with Crippen molar-refractivity contribution < 1.29 is 13.2 Å². The van der Waals surface area contributed by atoms with Crippen LogP contribution < -0.4 is 0 Å². The molecule has 0 unspecified atom stereocenters. The summed E-state index contributed by atoms with van der Waals surface area (Å²) in [6, 6.07) is 0. The van der Waals surface area contributed by atoms with Gasteiger partial charge >= 0.3 is 6.68 Å². The highest BCUT2D eigenvalue weighted by Crippen LogP contribution is 2.61. The van der Waals surface area contributed by atoms with E-state index in [4.69, 9.17) is 0 Å². The second-order valence-corrected chi connectivity index (χ2v) is 10.4. The molecule has 0 rings (SSSR count). The average molecular weight is 329 g/mol. The van der Waals surface area contributed by atoms with Crippen LogP contribution >= 0.6 is 7.26 Å². The first-order chi connectivity index (χ1) is 9.97. The van der Waals surface area contributed by atoms with Gasteiger partial charge in [-0.05, 0) is 25.7 Å². The predicted molar refractivity (Wildman–Crippen MR) is 93.1 cm³/mol. The van der Waals surface area contributed by atoms with Crippen molar-refractivity contribution in [3.63, 3.8) is 0 Å². The third-order valence-corrected chi connectivity index (χ3v) is 9.00. The molecular formula is C17H37F3P+. The van der Waals surface area contributed by atoms with E-state index in [-0.39, 0.29) is 0 Å². The van der Waals surface area contributed by atoms with Crippen LogP contribution in [0.15, 0.2) is 0 Å². The molecule has 0 saturated heterocycles. The molecular weight excluding hydrogens is 292 g/mol. The molecule has 0 aliphatic heterocycles. The lowest BCUT2D eigenvalue weighted by atomic mass is 10.4. The number of hydrogen-bond acceptors (Lipinski definition) is 0. The van der Waals surface area contributed by atoms with E-state index in [0.29, 0.717) is 0 Å². The number of unbranched alkanes of at least 4 members (excludes halogenated alkanes) is 4. The minimum atomic E-state index is -3.67. The minimum absolute atomic E-state index is 0.562. The fourth-order valence-corrected chi connectivity index (χ4v) is 7.93. The molecule has 0 heterocycles. The summed E-state index contributed by atoms with van der Waals surface area (Å²) in [6.45, 7) is 5.75. The second-order valence-electron chi connectivity index (χ2n) is 5.90. The molecule has 0 N–H and O–H groups in total. The summed E-state index contributed by atoms with van der Waals surface area (Å²) in [5.74, 6) is 0. The lowest BCUT2D eigenvalue weighted by molar-refractivity contribution is 0.00819. The average Bonchev–Trinajstić information content (AvgIpc) is 2.45. The van der Waals surface area contributed by atoms with Gasteiger partial charge in [0.05, 0.1) is 24.6 Å². The van der Waals surface area contributed by atoms with Gasteiger partial charge in [-0.3, -0.25) is 0 Å². The lowest BCUT2D eigenvalue weighted by Gasteiger charge is -2.28. The van der Waals surface area contributed by atoms with Gasteiger partial charge in [0, 0.05) is 7.26 Å². The molecule has 0 amide bonds. The van der Waals surface area contributed by atoms with Crippen LogP contribution in [0.5, 0.6) is 0 Å². The fourth-order valence-electron chi connectivity index (χ4n) is 2.64. The van der Waals surface area contributed by atoms with Gasteiger partial charge in [0.15, 0.2) is 0 Å². The smallest absolute Gasteiger partial charge is 0.174 e. The molecule has 0 nitrogen and oxygen atoms in total. The van der Waals surface area contributed by atoms with Gasteiger partial charge in [0.2, 0.25) is 0 Å². The summed E-state index contributed by atoms with van der Waals surface area (Å²) in [7, 11) is -0.562. The van der Waals surface area contributed by atoms with Crippen LogP contribution in [0.3, 0.4) is 0 Å². The quantitative estimate of drug-likeness (QED) is 0.328. The molecule has 0 aromatic carbocycles. The van der Waals surface area contributed by atoms with Gasteiger partial charge in [0.1, 0.15) is 0 Å². The van der Waals surface area contributed by atoms with E-state index < -0.39 is 13.9 Å². The molecule has 0 bridgehead atoms. The first-order valence-corrected chi connectivity index (χ1v) is 11.3. The number of halogens is 3. The lowest BCUT2D eigenvalue weighted by Crippen LogP contribution is -2.12. The maximum atomic E-state index is 9.67. The van der Waals surface area contributed by atoms with Crippen molar-refractivity contribution in [2.24, 2.45) is 0 Å². The van der Waals surface area contributed by atoms with E-state index in [0.717, 1.165) is 0 Å². The van der Waals surface area contributed by atoms with Crippen LogP contribution in [0.4, 0.5) is 13.2 Å². The highest BCUT2D eigenvalue weighted by molar-refractivity contribution is 7.75. The van der Waals surface area contributed by atoms with Crippen LogP contribution in [0.2, 0.25) is 0 Å². The Bertz CT molecular complexity index is 158. The Kier molecular flexibility index (Phi) is 18.6. The molecule has 0 saturated carbocycles. The second kappa shape index (κ2) is 16.6. The Morgan fingerprint density at radius 3 is 0.905 bits per heavy atom. The van der Waals surface area contributed by atoms with Crippen molar-refractivity contribution in [2.75, 3.05) is 24.6 Å². The topological polar surface area (TPSA) is 0 Å². The first kappa shape index (κ1) is 23.5. The van der Waals surface area contributed by atoms with E-state index in [1.165, 1.54) is 51.4 Å². The Balaban J connectivity index is 0. The molecule has 21 heavy (non-hydrogen) atoms. The molecule has 0 atom stereocenters. The Morgan fingerprint density at radius 2 is 0.762 bits per heavy atom. The SMILES string of the molecule is CCCC[P+](CCCC)(CCCC)CCCC.FC(F)F. The summed E-state index contributed by atoms with van der Waals surface area (Å²) >= 11 is 0. The van der Waals surface area contributed by atoms with E-state index in [9.17, 15) is 13.2 Å². The van der Waals surface area contributed by atoms with Gasteiger partial charge in [-0.1, -0.05) is 53.4 Å². The highest BCUT2D eigenvalue weighted by atomic mass is 31.2. The molecule has 0 fully saturated rings. The molecule has 0 aliphatic carbocycles. The van der Waals surface area contributed by atoms with Crippen molar-refractivity contribution in [1.82, 2.24) is 0 Å². The fraction of sp³-hybridized carbons (Fsp3) is 1.00. The number of rotatable bonds is 12. The summed E-state index contributed by atoms with van der Waals surface area (Å²) in [5.41, 5.74) is 0. The van der Waals surface area contributed by atoms with E-state index >= 15 is 0 Å². The van der Waals surface area contributed by atoms with Crippen LogP contribution in [-0.2, 0) is 0 Å². The molecule has 4 heteroatoms. The van der Waals surface area contributed by atoms with Crippen LogP contribution in [-0.4, -0.2) is 31.3 Å². The highest BCUT2D eigenvalue weighted by Gasteiger charge is 2.34. The van der Waals surface area contributed by atoms with Crippen molar-refractivity contribution in [2.45, 2.75) is 85.7 Å². The van der Waals surface area contributed by atoms with Crippen molar-refractivity contribution in [3.8, 4) is 0 Å². The Hall–Kier alpha value is 0.220. The normalized spacial score (nSPS) is 11.4. The summed E-state index contributed by atoms with van der Waals surface area (Å²) in [6.07, 6.45) is 17.9.